The summed E-state index contributed by atoms with van der Waals surface area (Å²) in [7, 11) is 0. The highest BCUT2D eigenvalue weighted by Gasteiger charge is 2.12. The van der Waals surface area contributed by atoms with E-state index in [0.29, 0.717) is 33.3 Å². The van der Waals surface area contributed by atoms with Gasteiger partial charge < -0.3 is 15.2 Å². The number of phenols is 1. The topological polar surface area (TPSA) is 58.6 Å². The smallest absolute Gasteiger partial charge is 0.255 e. The zero-order chi connectivity index (χ0) is 21.3. The van der Waals surface area contributed by atoms with E-state index < -0.39 is 0 Å². The molecule has 4 nitrogen and oxygen atoms in total. The molecule has 0 aliphatic heterocycles. The van der Waals surface area contributed by atoms with Gasteiger partial charge in [-0.25, -0.2) is 0 Å². The van der Waals surface area contributed by atoms with Crippen LogP contribution in [-0.2, 0) is 0 Å². The minimum Gasteiger partial charge on any atom is -0.508 e. The quantitative estimate of drug-likeness (QED) is 0.320. The number of halogens is 2. The van der Waals surface area contributed by atoms with Crippen molar-refractivity contribution >= 4 is 49.9 Å². The molecule has 0 aromatic heterocycles. The largest absolute Gasteiger partial charge is 0.508 e. The van der Waals surface area contributed by atoms with Gasteiger partial charge in [0, 0.05) is 11.3 Å². The molecule has 6 heteroatoms. The van der Waals surface area contributed by atoms with E-state index in [1.54, 1.807) is 37.3 Å². The van der Waals surface area contributed by atoms with Gasteiger partial charge in [0.25, 0.3) is 5.91 Å². The fraction of sp³-hybridized carbons (Fsp3) is 0.0417. The van der Waals surface area contributed by atoms with Gasteiger partial charge in [0.1, 0.15) is 17.2 Å². The average Bonchev–Trinajstić information content (AvgIpc) is 2.74. The summed E-state index contributed by atoms with van der Waals surface area (Å²) in [5.74, 6) is 0.846. The van der Waals surface area contributed by atoms with Crippen molar-refractivity contribution in [2.75, 3.05) is 5.32 Å². The summed E-state index contributed by atoms with van der Waals surface area (Å²) in [6.07, 6.45) is 0. The number of ether oxygens (including phenoxy) is 1. The summed E-state index contributed by atoms with van der Waals surface area (Å²) in [5.41, 5.74) is 1.58. The van der Waals surface area contributed by atoms with Crippen LogP contribution in [0.3, 0.4) is 0 Å². The van der Waals surface area contributed by atoms with Gasteiger partial charge in [-0.1, -0.05) is 48.0 Å². The van der Waals surface area contributed by atoms with Gasteiger partial charge in [0.15, 0.2) is 0 Å². The summed E-state index contributed by atoms with van der Waals surface area (Å²) in [4.78, 5) is 12.4. The third-order valence-corrected chi connectivity index (χ3v) is 5.82. The standard InChI is InChI=1S/C24H17BrClNO3/c1-14-6-7-16(12-20(14)28)24(29)27-17-9-11-21(19(26)13-17)30-22-10-8-15-4-2-3-5-18(15)23(22)25/h2-13,28H,1H3,(H,27,29). The Kier molecular flexibility index (Phi) is 5.66. The molecule has 0 aliphatic rings. The van der Waals surface area contributed by atoms with Gasteiger partial charge in [0.05, 0.1) is 9.50 Å². The Morgan fingerprint density at radius 3 is 2.53 bits per heavy atom. The van der Waals surface area contributed by atoms with Crippen molar-refractivity contribution < 1.29 is 14.6 Å². The number of hydrogen-bond donors (Lipinski definition) is 2. The lowest BCUT2D eigenvalue weighted by Gasteiger charge is -2.13. The Labute approximate surface area is 187 Å². The van der Waals surface area contributed by atoms with Crippen molar-refractivity contribution in [2.45, 2.75) is 6.92 Å². The van der Waals surface area contributed by atoms with Crippen LogP contribution < -0.4 is 10.1 Å². The van der Waals surface area contributed by atoms with Crippen LogP contribution in [0.4, 0.5) is 5.69 Å². The summed E-state index contributed by atoms with van der Waals surface area (Å²) in [6, 6.07) is 21.7. The fourth-order valence-electron chi connectivity index (χ4n) is 3.03. The molecule has 4 aromatic rings. The van der Waals surface area contributed by atoms with Gasteiger partial charge in [-0.2, -0.15) is 0 Å². The number of phenolic OH excluding ortho intramolecular Hbond substituents is 1. The molecule has 0 heterocycles. The number of benzene rings is 4. The van der Waals surface area contributed by atoms with Crippen LogP contribution >= 0.6 is 27.5 Å². The van der Waals surface area contributed by atoms with Crippen molar-refractivity contribution in [3.05, 3.63) is 93.4 Å². The first kappa shape index (κ1) is 20.3. The predicted octanol–water partition coefficient (Wildman–Crippen LogP) is 7.31. The number of aromatic hydroxyl groups is 1. The Bertz CT molecular complexity index is 1270. The summed E-state index contributed by atoms with van der Waals surface area (Å²) < 4.78 is 6.84. The molecule has 4 rings (SSSR count). The number of carbonyl (C=O) groups excluding carboxylic acids is 1. The second-order valence-electron chi connectivity index (χ2n) is 6.80. The molecule has 0 saturated heterocycles. The highest BCUT2D eigenvalue weighted by Crippen LogP contribution is 2.38. The van der Waals surface area contributed by atoms with E-state index in [1.165, 1.54) is 6.07 Å². The van der Waals surface area contributed by atoms with Crippen molar-refractivity contribution in [3.8, 4) is 17.2 Å². The summed E-state index contributed by atoms with van der Waals surface area (Å²) in [6.45, 7) is 1.77. The molecule has 4 aromatic carbocycles. The minimum atomic E-state index is -0.340. The predicted molar refractivity (Wildman–Crippen MR) is 124 cm³/mol. The minimum absolute atomic E-state index is 0.0744. The lowest BCUT2D eigenvalue weighted by Crippen LogP contribution is -2.11. The zero-order valence-electron chi connectivity index (χ0n) is 15.9. The first-order valence-corrected chi connectivity index (χ1v) is 10.3. The number of anilines is 1. The first-order chi connectivity index (χ1) is 14.4. The Morgan fingerprint density at radius 1 is 1.00 bits per heavy atom. The number of fused-ring (bicyclic) bond motifs is 1. The molecule has 30 heavy (non-hydrogen) atoms. The van der Waals surface area contributed by atoms with E-state index >= 15 is 0 Å². The molecular formula is C24H17BrClNO3. The molecule has 0 aliphatic carbocycles. The molecule has 0 unspecified atom stereocenters. The van der Waals surface area contributed by atoms with Crippen molar-refractivity contribution in [3.63, 3.8) is 0 Å². The normalized spacial score (nSPS) is 10.8. The maximum atomic E-state index is 12.4. The first-order valence-electron chi connectivity index (χ1n) is 9.18. The van der Waals surface area contributed by atoms with Gasteiger partial charge >= 0.3 is 0 Å². The molecule has 1 amide bonds. The molecular weight excluding hydrogens is 466 g/mol. The monoisotopic (exact) mass is 481 g/mol. The zero-order valence-corrected chi connectivity index (χ0v) is 18.3. The molecule has 2 N–H and O–H groups in total. The number of hydrogen-bond acceptors (Lipinski definition) is 3. The number of carbonyl (C=O) groups is 1. The SMILES string of the molecule is Cc1ccc(C(=O)Nc2ccc(Oc3ccc4ccccc4c3Br)c(Cl)c2)cc1O. The van der Waals surface area contributed by atoms with Gasteiger partial charge in [-0.3, -0.25) is 4.79 Å². The Morgan fingerprint density at radius 2 is 1.77 bits per heavy atom. The third kappa shape index (κ3) is 4.13. The van der Waals surface area contributed by atoms with E-state index in [4.69, 9.17) is 16.3 Å². The van der Waals surface area contributed by atoms with Gasteiger partial charge in [-0.05, 0) is 75.6 Å². The van der Waals surface area contributed by atoms with Gasteiger partial charge in [-0.15, -0.1) is 0 Å². The molecule has 0 bridgehead atoms. The lowest BCUT2D eigenvalue weighted by atomic mass is 10.1. The Balaban J connectivity index is 1.54. The van der Waals surface area contributed by atoms with E-state index in [2.05, 4.69) is 21.2 Å². The van der Waals surface area contributed by atoms with E-state index in [1.807, 2.05) is 36.4 Å². The fourth-order valence-corrected chi connectivity index (χ4v) is 3.82. The number of aryl methyl sites for hydroxylation is 1. The van der Waals surface area contributed by atoms with Crippen molar-refractivity contribution in [2.24, 2.45) is 0 Å². The van der Waals surface area contributed by atoms with E-state index in [9.17, 15) is 9.90 Å². The molecule has 0 atom stereocenters. The second-order valence-corrected chi connectivity index (χ2v) is 8.00. The number of nitrogens with one attached hydrogen (secondary N) is 1. The number of amides is 1. The summed E-state index contributed by atoms with van der Waals surface area (Å²) >= 11 is 10.00. The van der Waals surface area contributed by atoms with Crippen molar-refractivity contribution in [1.82, 2.24) is 0 Å². The molecule has 0 fully saturated rings. The van der Waals surface area contributed by atoms with Crippen LogP contribution in [0.5, 0.6) is 17.2 Å². The van der Waals surface area contributed by atoms with Crippen molar-refractivity contribution in [1.29, 1.82) is 0 Å². The third-order valence-electron chi connectivity index (χ3n) is 4.71. The number of rotatable bonds is 4. The maximum Gasteiger partial charge on any atom is 0.255 e. The lowest BCUT2D eigenvalue weighted by molar-refractivity contribution is 0.102. The highest BCUT2D eigenvalue weighted by atomic mass is 79.9. The van der Waals surface area contributed by atoms with Crippen LogP contribution in [0, 0.1) is 6.92 Å². The van der Waals surface area contributed by atoms with Crippen LogP contribution in [0.15, 0.2) is 77.3 Å². The summed E-state index contributed by atoms with van der Waals surface area (Å²) in [5, 5.41) is 15.1. The van der Waals surface area contributed by atoms with Crippen LogP contribution in [-0.4, -0.2) is 11.0 Å². The average molecular weight is 483 g/mol. The molecule has 0 spiro atoms. The highest BCUT2D eigenvalue weighted by molar-refractivity contribution is 9.10. The van der Waals surface area contributed by atoms with E-state index in [-0.39, 0.29) is 11.7 Å². The Hall–Kier alpha value is -3.02. The molecule has 0 saturated carbocycles. The van der Waals surface area contributed by atoms with Crippen LogP contribution in [0.25, 0.3) is 10.8 Å². The second kappa shape index (κ2) is 8.38. The van der Waals surface area contributed by atoms with Gasteiger partial charge in [0.2, 0.25) is 0 Å². The molecule has 0 radical (unpaired) electrons. The van der Waals surface area contributed by atoms with Crippen LogP contribution in [0.2, 0.25) is 5.02 Å². The van der Waals surface area contributed by atoms with Crippen LogP contribution in [0.1, 0.15) is 15.9 Å². The van der Waals surface area contributed by atoms with E-state index in [0.717, 1.165) is 15.2 Å². The molecule has 150 valence electrons. The maximum absolute atomic E-state index is 12.4.